The predicted octanol–water partition coefficient (Wildman–Crippen LogP) is 3.60. The van der Waals surface area contributed by atoms with Crippen LogP contribution in [0.3, 0.4) is 0 Å². The van der Waals surface area contributed by atoms with Gasteiger partial charge in [0.1, 0.15) is 11.4 Å². The molecule has 0 N–H and O–H groups in total. The van der Waals surface area contributed by atoms with E-state index >= 15 is 0 Å². The van der Waals surface area contributed by atoms with E-state index in [0.717, 1.165) is 12.2 Å². The van der Waals surface area contributed by atoms with Crippen molar-refractivity contribution in [1.82, 2.24) is 9.78 Å². The average Bonchev–Trinajstić information content (AvgIpc) is 2.81. The molecule has 5 heteroatoms. The number of carbonyl (C=O) groups is 1. The summed E-state index contributed by atoms with van der Waals surface area (Å²) < 4.78 is 7.18. The summed E-state index contributed by atoms with van der Waals surface area (Å²) in [6, 6.07) is 9.42. The van der Waals surface area contributed by atoms with E-state index in [2.05, 4.69) is 5.10 Å². The van der Waals surface area contributed by atoms with Crippen molar-refractivity contribution in [2.75, 3.05) is 6.61 Å². The van der Waals surface area contributed by atoms with Crippen molar-refractivity contribution in [2.45, 2.75) is 26.3 Å². The summed E-state index contributed by atoms with van der Waals surface area (Å²) in [5, 5.41) is 4.52. The molecule has 0 bridgehead atoms. The van der Waals surface area contributed by atoms with Crippen LogP contribution in [0.5, 0.6) is 5.75 Å². The maximum absolute atomic E-state index is 12.2. The van der Waals surface area contributed by atoms with Crippen LogP contribution < -0.4 is 4.74 Å². The summed E-state index contributed by atoms with van der Waals surface area (Å²) in [6.45, 7) is 3.05. The molecule has 0 aliphatic heterocycles. The molecule has 2 rings (SSSR count). The Bertz CT molecular complexity index is 567. The Morgan fingerprint density at radius 1 is 1.35 bits per heavy atom. The van der Waals surface area contributed by atoms with Crippen molar-refractivity contribution in [2.24, 2.45) is 0 Å². The smallest absolute Gasteiger partial charge is 0.185 e. The third-order valence-electron chi connectivity index (χ3n) is 2.84. The molecule has 0 radical (unpaired) electrons. The topological polar surface area (TPSA) is 44.1 Å². The SMILES string of the molecule is CCCn1ncc(Cl)c1C(=O)CCOc1ccccc1. The van der Waals surface area contributed by atoms with Crippen molar-refractivity contribution in [1.29, 1.82) is 0 Å². The largest absolute Gasteiger partial charge is 0.493 e. The number of hydrogen-bond donors (Lipinski definition) is 0. The van der Waals surface area contributed by atoms with Crippen molar-refractivity contribution < 1.29 is 9.53 Å². The molecule has 0 aliphatic rings. The molecule has 0 saturated heterocycles. The lowest BCUT2D eigenvalue weighted by Crippen LogP contribution is -2.13. The second-order valence-electron chi connectivity index (χ2n) is 4.40. The number of hydrogen-bond acceptors (Lipinski definition) is 3. The summed E-state index contributed by atoms with van der Waals surface area (Å²) in [4.78, 5) is 12.2. The summed E-state index contributed by atoms with van der Waals surface area (Å²) >= 11 is 6.03. The number of halogens is 1. The molecule has 1 aromatic carbocycles. The monoisotopic (exact) mass is 292 g/mol. The van der Waals surface area contributed by atoms with Crippen LogP contribution in [0.15, 0.2) is 36.5 Å². The van der Waals surface area contributed by atoms with E-state index in [1.807, 2.05) is 37.3 Å². The van der Waals surface area contributed by atoms with Crippen LogP contribution in [0.4, 0.5) is 0 Å². The van der Waals surface area contributed by atoms with Crippen LogP contribution in [-0.4, -0.2) is 22.2 Å². The number of aromatic nitrogens is 2. The second-order valence-corrected chi connectivity index (χ2v) is 4.81. The normalized spacial score (nSPS) is 10.5. The fraction of sp³-hybridized carbons (Fsp3) is 0.333. The van der Waals surface area contributed by atoms with Gasteiger partial charge in [-0.3, -0.25) is 9.48 Å². The van der Waals surface area contributed by atoms with E-state index in [1.165, 1.54) is 6.20 Å². The number of aryl methyl sites for hydroxylation is 1. The number of Topliss-reactive ketones (excluding diaryl/α,β-unsaturated/α-hetero) is 1. The Hall–Kier alpha value is -1.81. The molecule has 1 aromatic heterocycles. The molecule has 4 nitrogen and oxygen atoms in total. The molecular formula is C15H17ClN2O2. The number of benzene rings is 1. The zero-order chi connectivity index (χ0) is 14.4. The van der Waals surface area contributed by atoms with Gasteiger partial charge in [0.05, 0.1) is 17.8 Å². The molecule has 0 amide bonds. The maximum Gasteiger partial charge on any atom is 0.185 e. The summed E-state index contributed by atoms with van der Waals surface area (Å²) in [5.41, 5.74) is 0.477. The highest BCUT2D eigenvalue weighted by molar-refractivity contribution is 6.33. The summed E-state index contributed by atoms with van der Waals surface area (Å²) in [5.74, 6) is 0.713. The fourth-order valence-electron chi connectivity index (χ4n) is 1.92. The molecule has 0 saturated carbocycles. The lowest BCUT2D eigenvalue weighted by molar-refractivity contribution is 0.0951. The molecule has 20 heavy (non-hydrogen) atoms. The van der Waals surface area contributed by atoms with Gasteiger partial charge in [-0.1, -0.05) is 36.7 Å². The number of ether oxygens (including phenoxy) is 1. The van der Waals surface area contributed by atoms with Crippen molar-refractivity contribution in [3.8, 4) is 5.75 Å². The average molecular weight is 293 g/mol. The van der Waals surface area contributed by atoms with Crippen LogP contribution in [0, 0.1) is 0 Å². The van der Waals surface area contributed by atoms with Gasteiger partial charge in [0.25, 0.3) is 0 Å². The number of ketones is 1. The standard InChI is InChI=1S/C15H17ClN2O2/c1-2-9-18-15(13(16)11-17-18)14(19)8-10-20-12-6-4-3-5-7-12/h3-7,11H,2,8-10H2,1H3. The molecule has 2 aromatic rings. The van der Waals surface area contributed by atoms with Crippen LogP contribution in [-0.2, 0) is 6.54 Å². The molecule has 1 heterocycles. The Balaban J connectivity index is 1.93. The third kappa shape index (κ3) is 3.61. The number of rotatable bonds is 7. The van der Waals surface area contributed by atoms with E-state index in [9.17, 15) is 4.79 Å². The summed E-state index contributed by atoms with van der Waals surface area (Å²) in [7, 11) is 0. The molecule has 0 aliphatic carbocycles. The Kier molecular flexibility index (Phi) is 5.18. The van der Waals surface area contributed by atoms with Crippen molar-refractivity contribution >= 4 is 17.4 Å². The first-order chi connectivity index (χ1) is 9.72. The third-order valence-corrected chi connectivity index (χ3v) is 3.11. The Morgan fingerprint density at radius 2 is 2.10 bits per heavy atom. The molecule has 0 unspecified atom stereocenters. The minimum absolute atomic E-state index is 0.0446. The molecule has 106 valence electrons. The first kappa shape index (κ1) is 14.6. The number of para-hydroxylation sites is 1. The zero-order valence-corrected chi connectivity index (χ0v) is 12.1. The lowest BCUT2D eigenvalue weighted by Gasteiger charge is -2.07. The Morgan fingerprint density at radius 3 is 2.80 bits per heavy atom. The first-order valence-corrected chi connectivity index (χ1v) is 7.02. The van der Waals surface area contributed by atoms with E-state index < -0.39 is 0 Å². The van der Waals surface area contributed by atoms with E-state index in [4.69, 9.17) is 16.3 Å². The van der Waals surface area contributed by atoms with Gasteiger partial charge in [0.15, 0.2) is 5.78 Å². The van der Waals surface area contributed by atoms with Gasteiger partial charge in [-0.15, -0.1) is 0 Å². The molecular weight excluding hydrogens is 276 g/mol. The fourth-order valence-corrected chi connectivity index (χ4v) is 2.16. The van der Waals surface area contributed by atoms with Crippen LogP contribution in [0.2, 0.25) is 5.02 Å². The van der Waals surface area contributed by atoms with E-state index in [0.29, 0.717) is 23.9 Å². The minimum atomic E-state index is -0.0446. The second kappa shape index (κ2) is 7.10. The van der Waals surface area contributed by atoms with Gasteiger partial charge in [0.2, 0.25) is 0 Å². The maximum atomic E-state index is 12.2. The Labute approximate surface area is 123 Å². The van der Waals surface area contributed by atoms with Gasteiger partial charge in [-0.05, 0) is 18.6 Å². The van der Waals surface area contributed by atoms with Crippen LogP contribution in [0.1, 0.15) is 30.3 Å². The van der Waals surface area contributed by atoms with Gasteiger partial charge in [0, 0.05) is 13.0 Å². The van der Waals surface area contributed by atoms with Gasteiger partial charge in [-0.25, -0.2) is 0 Å². The van der Waals surface area contributed by atoms with Gasteiger partial charge >= 0.3 is 0 Å². The molecule has 0 spiro atoms. The van der Waals surface area contributed by atoms with E-state index in [-0.39, 0.29) is 12.2 Å². The number of carbonyl (C=O) groups excluding carboxylic acids is 1. The quantitative estimate of drug-likeness (QED) is 0.732. The highest BCUT2D eigenvalue weighted by atomic mass is 35.5. The van der Waals surface area contributed by atoms with Gasteiger partial charge < -0.3 is 4.74 Å². The summed E-state index contributed by atoms with van der Waals surface area (Å²) in [6.07, 6.45) is 2.70. The van der Waals surface area contributed by atoms with Gasteiger partial charge in [-0.2, -0.15) is 5.10 Å². The minimum Gasteiger partial charge on any atom is -0.493 e. The molecule has 0 fully saturated rings. The first-order valence-electron chi connectivity index (χ1n) is 6.64. The predicted molar refractivity (Wildman–Crippen MR) is 78.4 cm³/mol. The van der Waals surface area contributed by atoms with Crippen molar-refractivity contribution in [3.05, 3.63) is 47.2 Å². The number of nitrogens with zero attached hydrogens (tertiary/aromatic N) is 2. The van der Waals surface area contributed by atoms with Crippen LogP contribution >= 0.6 is 11.6 Å². The zero-order valence-electron chi connectivity index (χ0n) is 11.4. The molecule has 0 atom stereocenters. The van der Waals surface area contributed by atoms with Crippen LogP contribution in [0.25, 0.3) is 0 Å². The highest BCUT2D eigenvalue weighted by Crippen LogP contribution is 2.18. The highest BCUT2D eigenvalue weighted by Gasteiger charge is 2.16. The van der Waals surface area contributed by atoms with Crippen molar-refractivity contribution in [3.63, 3.8) is 0 Å². The van der Waals surface area contributed by atoms with E-state index in [1.54, 1.807) is 4.68 Å². The lowest BCUT2D eigenvalue weighted by atomic mass is 10.2.